The average Bonchev–Trinajstić information content (AvgIpc) is 3.17. The molecule has 2 unspecified atom stereocenters. The number of likely N-dealkylation sites (tertiary alicyclic amines) is 2. The van der Waals surface area contributed by atoms with Crippen molar-refractivity contribution >= 4 is 5.91 Å². The maximum atomic E-state index is 11.7. The molecule has 2 heterocycles. The van der Waals surface area contributed by atoms with Gasteiger partial charge in [0.15, 0.2) is 0 Å². The van der Waals surface area contributed by atoms with E-state index in [1.165, 1.54) is 37.8 Å². The summed E-state index contributed by atoms with van der Waals surface area (Å²) in [4.78, 5) is 16.8. The molecular formula is C18H27N3O. The van der Waals surface area contributed by atoms with Crippen LogP contribution in [0.5, 0.6) is 0 Å². The Balaban J connectivity index is 1.65. The van der Waals surface area contributed by atoms with Crippen LogP contribution in [0.25, 0.3) is 0 Å². The van der Waals surface area contributed by atoms with Crippen LogP contribution in [-0.4, -0.2) is 54.5 Å². The number of nitrogens with zero attached hydrogens (tertiary/aromatic N) is 2. The van der Waals surface area contributed by atoms with Gasteiger partial charge in [-0.05, 0) is 44.3 Å². The minimum Gasteiger partial charge on any atom is -0.358 e. The fourth-order valence-corrected chi connectivity index (χ4v) is 4.05. The fourth-order valence-electron chi connectivity index (χ4n) is 4.05. The molecule has 1 N–H and O–H groups in total. The van der Waals surface area contributed by atoms with Crippen molar-refractivity contribution in [3.8, 4) is 0 Å². The molecule has 2 aliphatic rings. The molecule has 22 heavy (non-hydrogen) atoms. The molecule has 0 saturated carbocycles. The highest BCUT2D eigenvalue weighted by Gasteiger charge is 2.37. The summed E-state index contributed by atoms with van der Waals surface area (Å²) in [6, 6.07) is 11.9. The Labute approximate surface area is 133 Å². The number of carbonyl (C=O) groups excluding carboxylic acids is 1. The van der Waals surface area contributed by atoms with Crippen molar-refractivity contribution in [1.29, 1.82) is 0 Å². The predicted octanol–water partition coefficient (Wildman–Crippen LogP) is 1.86. The largest absolute Gasteiger partial charge is 0.358 e. The first-order valence-electron chi connectivity index (χ1n) is 8.50. The zero-order valence-electron chi connectivity index (χ0n) is 13.5. The van der Waals surface area contributed by atoms with Gasteiger partial charge < -0.3 is 5.32 Å². The van der Waals surface area contributed by atoms with E-state index in [-0.39, 0.29) is 5.91 Å². The van der Waals surface area contributed by atoms with Crippen molar-refractivity contribution in [2.24, 2.45) is 0 Å². The third-order valence-corrected chi connectivity index (χ3v) is 5.13. The molecule has 0 bridgehead atoms. The van der Waals surface area contributed by atoms with Gasteiger partial charge >= 0.3 is 0 Å². The molecule has 4 nitrogen and oxygen atoms in total. The Morgan fingerprint density at radius 1 is 1.09 bits per heavy atom. The Kier molecular flexibility index (Phi) is 5.11. The molecule has 2 atom stereocenters. The molecule has 1 aromatic carbocycles. The predicted molar refractivity (Wildman–Crippen MR) is 88.5 cm³/mol. The van der Waals surface area contributed by atoms with E-state index < -0.39 is 0 Å². The minimum atomic E-state index is 0.138. The summed E-state index contributed by atoms with van der Waals surface area (Å²) in [5.74, 6) is 0.138. The second-order valence-corrected chi connectivity index (χ2v) is 6.52. The highest BCUT2D eigenvalue weighted by Crippen LogP contribution is 2.30. The Morgan fingerprint density at radius 3 is 2.41 bits per heavy atom. The van der Waals surface area contributed by atoms with Gasteiger partial charge in [0.25, 0.3) is 0 Å². The summed E-state index contributed by atoms with van der Waals surface area (Å²) < 4.78 is 0. The van der Waals surface area contributed by atoms with Crippen LogP contribution < -0.4 is 5.32 Å². The third kappa shape index (κ3) is 3.50. The number of rotatable bonds is 5. The van der Waals surface area contributed by atoms with Crippen LogP contribution in [0.4, 0.5) is 0 Å². The van der Waals surface area contributed by atoms with Crippen molar-refractivity contribution < 1.29 is 4.79 Å². The molecule has 2 fully saturated rings. The monoisotopic (exact) mass is 301 g/mol. The van der Waals surface area contributed by atoms with Crippen LogP contribution in [0.1, 0.15) is 31.2 Å². The second-order valence-electron chi connectivity index (χ2n) is 6.52. The van der Waals surface area contributed by atoms with Crippen LogP contribution in [0.2, 0.25) is 0 Å². The van der Waals surface area contributed by atoms with E-state index in [9.17, 15) is 4.79 Å². The number of benzene rings is 1. The normalized spacial score (nSPS) is 26.4. The summed E-state index contributed by atoms with van der Waals surface area (Å²) in [6.45, 7) is 3.84. The summed E-state index contributed by atoms with van der Waals surface area (Å²) in [5.41, 5.74) is 1.39. The zero-order chi connectivity index (χ0) is 15.4. The smallest absolute Gasteiger partial charge is 0.233 e. The first-order valence-corrected chi connectivity index (χ1v) is 8.50. The quantitative estimate of drug-likeness (QED) is 0.902. The van der Waals surface area contributed by atoms with Crippen molar-refractivity contribution in [3.05, 3.63) is 35.9 Å². The number of hydrogen-bond donors (Lipinski definition) is 1. The summed E-state index contributed by atoms with van der Waals surface area (Å²) in [6.07, 6.45) is 4.99. The van der Waals surface area contributed by atoms with Crippen molar-refractivity contribution in [2.45, 2.75) is 44.3 Å². The molecule has 2 aliphatic heterocycles. The van der Waals surface area contributed by atoms with Gasteiger partial charge in [0, 0.05) is 25.7 Å². The number of hydrogen-bond acceptors (Lipinski definition) is 3. The lowest BCUT2D eigenvalue weighted by atomic mass is 10.0. The van der Waals surface area contributed by atoms with Crippen molar-refractivity contribution in [1.82, 2.24) is 15.1 Å². The van der Waals surface area contributed by atoms with Gasteiger partial charge in [-0.2, -0.15) is 0 Å². The van der Waals surface area contributed by atoms with Gasteiger partial charge in [0.05, 0.1) is 6.54 Å². The molecule has 3 rings (SSSR count). The topological polar surface area (TPSA) is 35.6 Å². The van der Waals surface area contributed by atoms with Crippen LogP contribution >= 0.6 is 0 Å². The van der Waals surface area contributed by atoms with E-state index in [4.69, 9.17) is 0 Å². The molecule has 2 saturated heterocycles. The van der Waals surface area contributed by atoms with Crippen LogP contribution in [0.3, 0.4) is 0 Å². The number of amides is 1. The van der Waals surface area contributed by atoms with Gasteiger partial charge in [-0.25, -0.2) is 0 Å². The van der Waals surface area contributed by atoms with Gasteiger partial charge in [-0.15, -0.1) is 0 Å². The van der Waals surface area contributed by atoms with Gasteiger partial charge in [0.1, 0.15) is 0 Å². The maximum Gasteiger partial charge on any atom is 0.233 e. The summed E-state index contributed by atoms with van der Waals surface area (Å²) >= 11 is 0. The van der Waals surface area contributed by atoms with Crippen molar-refractivity contribution in [2.75, 3.05) is 26.7 Å². The lowest BCUT2D eigenvalue weighted by Crippen LogP contribution is -2.48. The van der Waals surface area contributed by atoms with E-state index in [1.807, 2.05) is 0 Å². The van der Waals surface area contributed by atoms with E-state index >= 15 is 0 Å². The average molecular weight is 301 g/mol. The van der Waals surface area contributed by atoms with E-state index in [0.717, 1.165) is 13.1 Å². The van der Waals surface area contributed by atoms with Gasteiger partial charge in [-0.1, -0.05) is 30.3 Å². The van der Waals surface area contributed by atoms with Gasteiger partial charge in [-0.3, -0.25) is 14.6 Å². The molecular weight excluding hydrogens is 274 g/mol. The molecule has 1 amide bonds. The van der Waals surface area contributed by atoms with Crippen LogP contribution in [0, 0.1) is 0 Å². The Bertz CT molecular complexity index is 490. The number of nitrogens with one attached hydrogen (secondary N) is 1. The third-order valence-electron chi connectivity index (χ3n) is 5.13. The van der Waals surface area contributed by atoms with E-state index in [0.29, 0.717) is 18.6 Å². The first-order chi connectivity index (χ1) is 10.8. The molecule has 0 aromatic heterocycles. The first kappa shape index (κ1) is 15.5. The maximum absolute atomic E-state index is 11.7. The highest BCUT2D eigenvalue weighted by atomic mass is 16.1. The number of likely N-dealkylation sites (N-methyl/N-ethyl adjacent to an activating group) is 1. The molecule has 1 aromatic rings. The van der Waals surface area contributed by atoms with E-state index in [1.54, 1.807) is 7.05 Å². The molecule has 0 aliphatic carbocycles. The minimum absolute atomic E-state index is 0.138. The highest BCUT2D eigenvalue weighted by molar-refractivity contribution is 5.77. The standard InChI is InChI=1S/C18H27N3O/c1-19-18(22)14-21-12-6-10-17(21)16-9-5-11-20(16)13-15-7-3-2-4-8-15/h2-4,7-8,16-17H,5-6,9-14H2,1H3,(H,19,22). The van der Waals surface area contributed by atoms with Crippen molar-refractivity contribution in [3.63, 3.8) is 0 Å². The van der Waals surface area contributed by atoms with Crippen LogP contribution in [0.15, 0.2) is 30.3 Å². The second kappa shape index (κ2) is 7.25. The summed E-state index contributed by atoms with van der Waals surface area (Å²) in [7, 11) is 1.73. The summed E-state index contributed by atoms with van der Waals surface area (Å²) in [5, 5.41) is 2.76. The lowest BCUT2D eigenvalue weighted by Gasteiger charge is -2.34. The fraction of sp³-hybridized carbons (Fsp3) is 0.611. The molecule has 4 heteroatoms. The zero-order valence-corrected chi connectivity index (χ0v) is 13.5. The number of carbonyl (C=O) groups is 1. The molecule has 0 radical (unpaired) electrons. The van der Waals surface area contributed by atoms with Crippen LogP contribution in [-0.2, 0) is 11.3 Å². The van der Waals surface area contributed by atoms with E-state index in [2.05, 4.69) is 45.4 Å². The molecule has 0 spiro atoms. The Morgan fingerprint density at radius 2 is 1.73 bits per heavy atom. The molecule has 120 valence electrons. The lowest BCUT2D eigenvalue weighted by molar-refractivity contribution is -0.122. The SMILES string of the molecule is CNC(=O)CN1CCCC1C1CCCN1Cc1ccccc1. The Hall–Kier alpha value is -1.39. The van der Waals surface area contributed by atoms with Gasteiger partial charge in [0.2, 0.25) is 5.91 Å².